The minimum atomic E-state index is -4.53. The smallest absolute Gasteiger partial charge is 0.351 e. The second-order valence-electron chi connectivity index (χ2n) is 7.03. The molecule has 0 radical (unpaired) electrons. The zero-order valence-electron chi connectivity index (χ0n) is 15.7. The van der Waals surface area contributed by atoms with Crippen LogP contribution in [0.3, 0.4) is 0 Å². The van der Waals surface area contributed by atoms with Crippen LogP contribution in [-0.2, 0) is 12.6 Å². The summed E-state index contributed by atoms with van der Waals surface area (Å²) in [6.07, 6.45) is 1.42. The first-order chi connectivity index (χ1) is 12.9. The lowest BCUT2D eigenvalue weighted by atomic mass is 9.96. The van der Waals surface area contributed by atoms with E-state index in [0.29, 0.717) is 0 Å². The van der Waals surface area contributed by atoms with E-state index in [-0.39, 0.29) is 17.8 Å². The zero-order chi connectivity index (χ0) is 19.4. The van der Waals surface area contributed by atoms with Crippen molar-refractivity contribution in [1.29, 1.82) is 0 Å². The molecular weight excluding hydrogens is 353 g/mol. The van der Waals surface area contributed by atoms with Gasteiger partial charge in [-0.3, -0.25) is 0 Å². The molecule has 1 heterocycles. The van der Waals surface area contributed by atoms with E-state index in [1.165, 1.54) is 6.42 Å². The molecule has 0 saturated heterocycles. The summed E-state index contributed by atoms with van der Waals surface area (Å²) in [5.41, 5.74) is 1.85. The molecule has 7 heteroatoms. The molecule has 27 heavy (non-hydrogen) atoms. The second kappa shape index (κ2) is 8.15. The maximum Gasteiger partial charge on any atom is 0.433 e. The lowest BCUT2D eigenvalue weighted by Gasteiger charge is -2.23. The summed E-state index contributed by atoms with van der Waals surface area (Å²) >= 11 is 0. The van der Waals surface area contributed by atoms with Gasteiger partial charge in [0, 0.05) is 17.8 Å². The van der Waals surface area contributed by atoms with Crippen molar-refractivity contribution in [1.82, 2.24) is 9.97 Å². The van der Waals surface area contributed by atoms with Crippen molar-refractivity contribution < 1.29 is 13.2 Å². The third-order valence-corrected chi connectivity index (χ3v) is 4.95. The Morgan fingerprint density at radius 3 is 2.52 bits per heavy atom. The van der Waals surface area contributed by atoms with Gasteiger partial charge < -0.3 is 10.6 Å². The number of rotatable bonds is 5. The van der Waals surface area contributed by atoms with Crippen LogP contribution in [0.4, 0.5) is 30.6 Å². The topological polar surface area (TPSA) is 49.8 Å². The van der Waals surface area contributed by atoms with E-state index in [0.717, 1.165) is 55.0 Å². The van der Waals surface area contributed by atoms with Crippen LogP contribution < -0.4 is 10.6 Å². The van der Waals surface area contributed by atoms with Gasteiger partial charge in [0.05, 0.1) is 0 Å². The summed E-state index contributed by atoms with van der Waals surface area (Å²) in [5.74, 6) is 0.186. The molecule has 1 aromatic heterocycles. The van der Waals surface area contributed by atoms with E-state index in [1.54, 1.807) is 0 Å². The molecule has 1 aliphatic carbocycles. The van der Waals surface area contributed by atoms with Gasteiger partial charge in [0.2, 0.25) is 5.95 Å². The Kier molecular flexibility index (Phi) is 5.87. The molecule has 0 bridgehead atoms. The molecule has 0 amide bonds. The van der Waals surface area contributed by atoms with Crippen LogP contribution >= 0.6 is 0 Å². The third kappa shape index (κ3) is 4.90. The van der Waals surface area contributed by atoms with E-state index in [2.05, 4.69) is 20.6 Å². The quantitative estimate of drug-likeness (QED) is 0.685. The molecule has 0 spiro atoms. The van der Waals surface area contributed by atoms with Crippen molar-refractivity contribution in [2.45, 2.75) is 64.6 Å². The number of halogens is 3. The molecular formula is C20H25F3N4. The van der Waals surface area contributed by atoms with E-state index in [9.17, 15) is 13.2 Å². The van der Waals surface area contributed by atoms with Crippen LogP contribution in [0.1, 0.15) is 55.8 Å². The van der Waals surface area contributed by atoms with Crippen LogP contribution in [0.15, 0.2) is 24.3 Å². The lowest BCUT2D eigenvalue weighted by molar-refractivity contribution is -0.141. The van der Waals surface area contributed by atoms with Gasteiger partial charge >= 0.3 is 6.18 Å². The summed E-state index contributed by atoms with van der Waals surface area (Å²) in [4.78, 5) is 8.04. The van der Waals surface area contributed by atoms with Crippen molar-refractivity contribution in [3.63, 3.8) is 0 Å². The third-order valence-electron chi connectivity index (χ3n) is 4.95. The molecule has 2 N–H and O–H groups in total. The van der Waals surface area contributed by atoms with Gasteiger partial charge in [0.1, 0.15) is 5.82 Å². The van der Waals surface area contributed by atoms with E-state index in [4.69, 9.17) is 0 Å². The summed E-state index contributed by atoms with van der Waals surface area (Å²) in [6.45, 7) is 3.94. The van der Waals surface area contributed by atoms with Crippen LogP contribution in [0, 0.1) is 6.92 Å². The molecule has 0 unspecified atom stereocenters. The highest BCUT2D eigenvalue weighted by molar-refractivity contribution is 5.65. The largest absolute Gasteiger partial charge is 0.433 e. The average Bonchev–Trinajstić information content (AvgIpc) is 2.63. The highest BCUT2D eigenvalue weighted by atomic mass is 19.4. The normalized spacial score (nSPS) is 15.6. The summed E-state index contributed by atoms with van der Waals surface area (Å²) in [7, 11) is 0. The van der Waals surface area contributed by atoms with Gasteiger partial charge in [-0.15, -0.1) is 0 Å². The first-order valence-electron chi connectivity index (χ1n) is 9.45. The fourth-order valence-electron chi connectivity index (χ4n) is 3.48. The summed E-state index contributed by atoms with van der Waals surface area (Å²) < 4.78 is 40.0. The van der Waals surface area contributed by atoms with E-state index >= 15 is 0 Å². The molecule has 1 aromatic carbocycles. The van der Waals surface area contributed by atoms with Crippen LogP contribution in [0.2, 0.25) is 0 Å². The summed E-state index contributed by atoms with van der Waals surface area (Å²) in [5, 5.41) is 6.19. The van der Waals surface area contributed by atoms with Crippen molar-refractivity contribution in [2.75, 3.05) is 10.6 Å². The standard InChI is InChI=1S/C20H25F3N4/c1-3-14-9-7-8-13(2)18(14)26-17-12-16(20(21,22)23)25-19(27-17)24-15-10-5-4-6-11-15/h7-9,12,15H,3-6,10-11H2,1-2H3,(H2,24,25,26,27). The molecule has 2 aromatic rings. The number of para-hydroxylation sites is 1. The number of aromatic nitrogens is 2. The molecule has 1 fully saturated rings. The van der Waals surface area contributed by atoms with Gasteiger partial charge in [-0.25, -0.2) is 4.98 Å². The van der Waals surface area contributed by atoms with Crippen LogP contribution in [0.25, 0.3) is 0 Å². The first-order valence-corrected chi connectivity index (χ1v) is 9.45. The van der Waals surface area contributed by atoms with Gasteiger partial charge in [0.15, 0.2) is 5.69 Å². The maximum atomic E-state index is 13.3. The first kappa shape index (κ1) is 19.5. The van der Waals surface area contributed by atoms with Crippen LogP contribution in [-0.4, -0.2) is 16.0 Å². The van der Waals surface area contributed by atoms with Crippen molar-refractivity contribution in [3.8, 4) is 0 Å². The Labute approximate surface area is 157 Å². The number of anilines is 3. The number of nitrogens with one attached hydrogen (secondary N) is 2. The second-order valence-corrected chi connectivity index (χ2v) is 7.03. The van der Waals surface area contributed by atoms with Gasteiger partial charge in [-0.1, -0.05) is 44.4 Å². The van der Waals surface area contributed by atoms with Gasteiger partial charge in [0.25, 0.3) is 0 Å². The number of hydrogen-bond donors (Lipinski definition) is 2. The lowest BCUT2D eigenvalue weighted by Crippen LogP contribution is -2.24. The molecule has 4 nitrogen and oxygen atoms in total. The maximum absolute atomic E-state index is 13.3. The Morgan fingerprint density at radius 2 is 1.85 bits per heavy atom. The van der Waals surface area contributed by atoms with Gasteiger partial charge in [-0.2, -0.15) is 18.2 Å². The molecule has 1 aliphatic rings. The van der Waals surface area contributed by atoms with E-state index < -0.39 is 11.9 Å². The fraction of sp³-hybridized carbons (Fsp3) is 0.500. The number of benzene rings is 1. The zero-order valence-corrected chi connectivity index (χ0v) is 15.7. The monoisotopic (exact) mass is 378 g/mol. The SMILES string of the molecule is CCc1cccc(C)c1Nc1cc(C(F)(F)F)nc(NC2CCCCC2)n1. The van der Waals surface area contributed by atoms with Crippen molar-refractivity contribution >= 4 is 17.5 Å². The Morgan fingerprint density at radius 1 is 1.11 bits per heavy atom. The predicted molar refractivity (Wildman–Crippen MR) is 101 cm³/mol. The highest BCUT2D eigenvalue weighted by Crippen LogP contribution is 2.32. The van der Waals surface area contributed by atoms with Crippen LogP contribution in [0.5, 0.6) is 0 Å². The molecule has 1 saturated carbocycles. The average molecular weight is 378 g/mol. The molecule has 146 valence electrons. The van der Waals surface area contributed by atoms with E-state index in [1.807, 2.05) is 32.0 Å². The number of alkyl halides is 3. The Hall–Kier alpha value is -2.31. The number of hydrogen-bond acceptors (Lipinski definition) is 4. The molecule has 0 atom stereocenters. The predicted octanol–water partition coefficient (Wildman–Crippen LogP) is 5.85. The van der Waals surface area contributed by atoms with Crippen molar-refractivity contribution in [2.24, 2.45) is 0 Å². The van der Waals surface area contributed by atoms with Gasteiger partial charge in [-0.05, 0) is 37.3 Å². The minimum absolute atomic E-state index is 0.0332. The fourth-order valence-corrected chi connectivity index (χ4v) is 3.48. The highest BCUT2D eigenvalue weighted by Gasteiger charge is 2.34. The number of aryl methyl sites for hydroxylation is 2. The van der Waals surface area contributed by atoms with Crippen molar-refractivity contribution in [3.05, 3.63) is 41.1 Å². The Bertz CT molecular complexity index is 783. The molecule has 0 aliphatic heterocycles. The Balaban J connectivity index is 1.93. The minimum Gasteiger partial charge on any atom is -0.351 e. The summed E-state index contributed by atoms with van der Waals surface area (Å²) in [6, 6.07) is 6.92. The number of nitrogens with zero attached hydrogens (tertiary/aromatic N) is 2. The molecule has 3 rings (SSSR count).